The van der Waals surface area contributed by atoms with Crippen molar-refractivity contribution < 1.29 is 13.9 Å². The summed E-state index contributed by atoms with van der Waals surface area (Å²) in [5.74, 6) is 1.55. The molecular formula is C18H18N4O3. The van der Waals surface area contributed by atoms with Crippen molar-refractivity contribution in [2.75, 3.05) is 10.6 Å². The Morgan fingerprint density at radius 2 is 1.76 bits per heavy atom. The van der Waals surface area contributed by atoms with E-state index in [1.54, 1.807) is 24.3 Å². The van der Waals surface area contributed by atoms with Crippen LogP contribution in [0.1, 0.15) is 24.4 Å². The third-order valence-corrected chi connectivity index (χ3v) is 3.15. The van der Waals surface area contributed by atoms with Gasteiger partial charge in [0.1, 0.15) is 5.75 Å². The van der Waals surface area contributed by atoms with Gasteiger partial charge in [0.15, 0.2) is 17.4 Å². The number of carbonyl (C=O) groups is 1. The molecule has 2 N–H and O–H groups in total. The maximum absolute atomic E-state index is 11.9. The molecule has 0 aliphatic carbocycles. The van der Waals surface area contributed by atoms with Crippen molar-refractivity contribution in [3.8, 4) is 5.75 Å². The van der Waals surface area contributed by atoms with Gasteiger partial charge in [-0.15, -0.1) is 10.2 Å². The fourth-order valence-electron chi connectivity index (χ4n) is 2.09. The minimum atomic E-state index is -0.374. The number of benzene rings is 1. The van der Waals surface area contributed by atoms with Crippen LogP contribution < -0.4 is 15.4 Å². The molecule has 2 heterocycles. The highest BCUT2D eigenvalue weighted by Gasteiger charge is 2.09. The third-order valence-electron chi connectivity index (χ3n) is 3.15. The molecule has 0 radical (unpaired) electrons. The Morgan fingerprint density at radius 3 is 2.36 bits per heavy atom. The minimum Gasteiger partial charge on any atom is -0.491 e. The van der Waals surface area contributed by atoms with Crippen LogP contribution in [0.2, 0.25) is 0 Å². The second-order valence-corrected chi connectivity index (χ2v) is 5.55. The maximum atomic E-state index is 11.9. The van der Waals surface area contributed by atoms with Gasteiger partial charge in [-0.05, 0) is 62.4 Å². The number of amides is 1. The van der Waals surface area contributed by atoms with Gasteiger partial charge in [-0.25, -0.2) is 0 Å². The van der Waals surface area contributed by atoms with Crippen LogP contribution in [0.5, 0.6) is 5.75 Å². The van der Waals surface area contributed by atoms with E-state index < -0.39 is 0 Å². The quantitative estimate of drug-likeness (QED) is 0.709. The molecule has 0 aliphatic heterocycles. The molecule has 3 rings (SSSR count). The van der Waals surface area contributed by atoms with E-state index in [1.165, 1.54) is 6.26 Å². The summed E-state index contributed by atoms with van der Waals surface area (Å²) < 4.78 is 10.6. The highest BCUT2D eigenvalue weighted by atomic mass is 16.5. The Kier molecular flexibility index (Phi) is 4.94. The Labute approximate surface area is 145 Å². The van der Waals surface area contributed by atoms with Gasteiger partial charge in [0.05, 0.1) is 12.4 Å². The Balaban J connectivity index is 1.59. The SMILES string of the molecule is CC(C)Oc1ccc(Nc2ccc(NC(=O)c3ccco3)nn2)cc1. The summed E-state index contributed by atoms with van der Waals surface area (Å²) in [5.41, 5.74) is 0.859. The van der Waals surface area contributed by atoms with E-state index in [2.05, 4.69) is 20.8 Å². The number of nitrogens with zero attached hydrogens (tertiary/aromatic N) is 2. The van der Waals surface area contributed by atoms with Crippen molar-refractivity contribution in [2.24, 2.45) is 0 Å². The molecular weight excluding hydrogens is 320 g/mol. The number of hydrogen-bond acceptors (Lipinski definition) is 6. The van der Waals surface area contributed by atoms with Gasteiger partial charge in [-0.2, -0.15) is 0 Å². The maximum Gasteiger partial charge on any atom is 0.292 e. The van der Waals surface area contributed by atoms with Gasteiger partial charge >= 0.3 is 0 Å². The molecule has 128 valence electrons. The zero-order valence-electron chi connectivity index (χ0n) is 13.9. The van der Waals surface area contributed by atoms with Gasteiger partial charge in [-0.1, -0.05) is 0 Å². The largest absolute Gasteiger partial charge is 0.491 e. The Morgan fingerprint density at radius 1 is 1.04 bits per heavy atom. The molecule has 2 aromatic heterocycles. The molecule has 0 spiro atoms. The summed E-state index contributed by atoms with van der Waals surface area (Å²) >= 11 is 0. The van der Waals surface area contributed by atoms with Crippen molar-refractivity contribution in [1.82, 2.24) is 10.2 Å². The summed E-state index contributed by atoms with van der Waals surface area (Å²) in [4.78, 5) is 11.9. The van der Waals surface area contributed by atoms with Crippen molar-refractivity contribution >= 4 is 23.2 Å². The molecule has 0 saturated heterocycles. The van der Waals surface area contributed by atoms with E-state index in [-0.39, 0.29) is 17.8 Å². The number of anilines is 3. The lowest BCUT2D eigenvalue weighted by Gasteiger charge is -2.10. The second kappa shape index (κ2) is 7.48. The first-order valence-electron chi connectivity index (χ1n) is 7.82. The van der Waals surface area contributed by atoms with Crippen LogP contribution in [0, 0.1) is 0 Å². The number of nitrogens with one attached hydrogen (secondary N) is 2. The Hall–Kier alpha value is -3.35. The van der Waals surface area contributed by atoms with E-state index in [9.17, 15) is 4.79 Å². The molecule has 0 fully saturated rings. The number of aromatic nitrogens is 2. The standard InChI is InChI=1S/C18H18N4O3/c1-12(2)25-14-7-5-13(6-8-14)19-16-9-10-17(22-21-16)20-18(23)15-4-3-11-24-15/h3-12H,1-2H3,(H,19,21)(H,20,22,23). The fourth-order valence-corrected chi connectivity index (χ4v) is 2.09. The number of carbonyl (C=O) groups excluding carboxylic acids is 1. The van der Waals surface area contributed by atoms with Crippen molar-refractivity contribution in [3.63, 3.8) is 0 Å². The summed E-state index contributed by atoms with van der Waals surface area (Å²) in [6.45, 7) is 3.96. The molecule has 1 amide bonds. The van der Waals surface area contributed by atoms with Gasteiger partial charge in [0.2, 0.25) is 0 Å². The first-order chi connectivity index (χ1) is 12.1. The minimum absolute atomic E-state index is 0.133. The molecule has 7 heteroatoms. The molecule has 0 bridgehead atoms. The number of rotatable bonds is 6. The smallest absolute Gasteiger partial charge is 0.292 e. The van der Waals surface area contributed by atoms with E-state index in [4.69, 9.17) is 9.15 Å². The van der Waals surface area contributed by atoms with Crippen LogP contribution in [-0.4, -0.2) is 22.2 Å². The summed E-state index contributed by atoms with van der Waals surface area (Å²) in [6.07, 6.45) is 1.57. The third kappa shape index (κ3) is 4.57. The molecule has 25 heavy (non-hydrogen) atoms. The number of ether oxygens (including phenoxy) is 1. The van der Waals surface area contributed by atoms with Gasteiger partial charge in [-0.3, -0.25) is 4.79 Å². The highest BCUT2D eigenvalue weighted by molar-refractivity contribution is 6.01. The van der Waals surface area contributed by atoms with Crippen LogP contribution >= 0.6 is 0 Å². The molecule has 1 aromatic carbocycles. The molecule has 3 aromatic rings. The lowest BCUT2D eigenvalue weighted by molar-refractivity contribution is 0.0996. The number of hydrogen-bond donors (Lipinski definition) is 2. The molecule has 0 unspecified atom stereocenters. The highest BCUT2D eigenvalue weighted by Crippen LogP contribution is 2.20. The zero-order valence-corrected chi connectivity index (χ0v) is 13.9. The average molecular weight is 338 g/mol. The number of furan rings is 1. The normalized spacial score (nSPS) is 10.5. The van der Waals surface area contributed by atoms with E-state index in [1.807, 2.05) is 38.1 Å². The molecule has 7 nitrogen and oxygen atoms in total. The summed E-state index contributed by atoms with van der Waals surface area (Å²) in [6, 6.07) is 14.2. The lowest BCUT2D eigenvalue weighted by atomic mass is 10.3. The monoisotopic (exact) mass is 338 g/mol. The molecule has 0 aliphatic rings. The lowest BCUT2D eigenvalue weighted by Crippen LogP contribution is -2.12. The average Bonchev–Trinajstić information content (AvgIpc) is 3.13. The van der Waals surface area contributed by atoms with Crippen molar-refractivity contribution in [2.45, 2.75) is 20.0 Å². The van der Waals surface area contributed by atoms with E-state index in [0.29, 0.717) is 11.6 Å². The van der Waals surface area contributed by atoms with Crippen LogP contribution in [0.15, 0.2) is 59.2 Å². The van der Waals surface area contributed by atoms with Crippen LogP contribution in [-0.2, 0) is 0 Å². The predicted molar refractivity (Wildman–Crippen MR) is 94.2 cm³/mol. The van der Waals surface area contributed by atoms with Crippen LogP contribution in [0.3, 0.4) is 0 Å². The van der Waals surface area contributed by atoms with Gasteiger partial charge in [0.25, 0.3) is 5.91 Å². The summed E-state index contributed by atoms with van der Waals surface area (Å²) in [5, 5.41) is 13.8. The van der Waals surface area contributed by atoms with Crippen molar-refractivity contribution in [3.05, 3.63) is 60.6 Å². The van der Waals surface area contributed by atoms with Gasteiger partial charge < -0.3 is 19.8 Å². The van der Waals surface area contributed by atoms with E-state index >= 15 is 0 Å². The Bertz CT molecular complexity index is 813. The first-order valence-corrected chi connectivity index (χ1v) is 7.82. The first kappa shape index (κ1) is 16.5. The van der Waals surface area contributed by atoms with Crippen LogP contribution in [0.25, 0.3) is 0 Å². The second-order valence-electron chi connectivity index (χ2n) is 5.55. The predicted octanol–water partition coefficient (Wildman–Crippen LogP) is 3.85. The zero-order chi connectivity index (χ0) is 17.6. The fraction of sp³-hybridized carbons (Fsp3) is 0.167. The van der Waals surface area contributed by atoms with Gasteiger partial charge in [0, 0.05) is 5.69 Å². The topological polar surface area (TPSA) is 89.3 Å². The van der Waals surface area contributed by atoms with Crippen LogP contribution in [0.4, 0.5) is 17.3 Å². The molecule has 0 atom stereocenters. The van der Waals surface area contributed by atoms with E-state index in [0.717, 1.165) is 11.4 Å². The summed E-state index contributed by atoms with van der Waals surface area (Å²) in [7, 11) is 0. The molecule has 0 saturated carbocycles. The van der Waals surface area contributed by atoms with Crippen molar-refractivity contribution in [1.29, 1.82) is 0 Å².